The highest BCUT2D eigenvalue weighted by Crippen LogP contribution is 2.25. The van der Waals surface area contributed by atoms with E-state index in [4.69, 9.17) is 16.3 Å². The van der Waals surface area contributed by atoms with Gasteiger partial charge in [-0.1, -0.05) is 41.6 Å². The van der Waals surface area contributed by atoms with Gasteiger partial charge in [0.05, 0.1) is 25.0 Å². The number of nitrogens with zero attached hydrogens (tertiary/aromatic N) is 3. The van der Waals surface area contributed by atoms with Gasteiger partial charge in [-0.05, 0) is 36.8 Å². The van der Waals surface area contributed by atoms with E-state index >= 15 is 0 Å². The number of thioether (sulfide) groups is 1. The molecule has 1 aromatic carbocycles. The largest absolute Gasteiger partial charge is 0.461 e. The van der Waals surface area contributed by atoms with Crippen LogP contribution in [0.4, 0.5) is 0 Å². The maximum Gasteiger partial charge on any atom is 0.356 e. The zero-order valence-electron chi connectivity index (χ0n) is 14.3. The van der Waals surface area contributed by atoms with Crippen LogP contribution in [0.15, 0.2) is 60.0 Å². The Morgan fingerprint density at radius 3 is 2.69 bits per heavy atom. The van der Waals surface area contributed by atoms with Crippen LogP contribution in [0, 0.1) is 0 Å². The summed E-state index contributed by atoms with van der Waals surface area (Å²) in [6, 6.07) is 13.4. The fourth-order valence-corrected chi connectivity index (χ4v) is 3.44. The molecule has 0 unspecified atom stereocenters. The van der Waals surface area contributed by atoms with Crippen molar-refractivity contribution >= 4 is 29.3 Å². The van der Waals surface area contributed by atoms with E-state index in [0.717, 1.165) is 22.2 Å². The maximum atomic E-state index is 12.3. The second-order valence-corrected chi connectivity index (χ2v) is 6.85. The SMILES string of the molecule is CCOC(=O)c1cnc(SCc2ccc(Cl)cc2)n1Cc1ccccn1. The number of benzene rings is 1. The molecular formula is C19H18ClN3O2S. The molecule has 0 spiro atoms. The molecule has 26 heavy (non-hydrogen) atoms. The summed E-state index contributed by atoms with van der Waals surface area (Å²) < 4.78 is 7.00. The number of hydrogen-bond donors (Lipinski definition) is 0. The first-order valence-corrected chi connectivity index (χ1v) is 9.53. The number of carbonyl (C=O) groups is 1. The number of halogens is 1. The maximum absolute atomic E-state index is 12.3. The summed E-state index contributed by atoms with van der Waals surface area (Å²) in [6.45, 7) is 2.56. The molecule has 0 amide bonds. The number of aromatic nitrogens is 3. The lowest BCUT2D eigenvalue weighted by molar-refractivity contribution is 0.0513. The minimum Gasteiger partial charge on any atom is -0.461 e. The summed E-state index contributed by atoms with van der Waals surface area (Å²) in [5, 5.41) is 1.45. The van der Waals surface area contributed by atoms with Gasteiger partial charge in [-0.2, -0.15) is 0 Å². The lowest BCUT2D eigenvalue weighted by atomic mass is 10.2. The molecule has 0 atom stereocenters. The number of hydrogen-bond acceptors (Lipinski definition) is 5. The number of esters is 1. The van der Waals surface area contributed by atoms with E-state index in [1.54, 1.807) is 31.1 Å². The van der Waals surface area contributed by atoms with Gasteiger partial charge in [0, 0.05) is 17.0 Å². The average Bonchev–Trinajstić information content (AvgIpc) is 3.05. The van der Waals surface area contributed by atoms with Crippen LogP contribution >= 0.6 is 23.4 Å². The minimum absolute atomic E-state index is 0.320. The van der Waals surface area contributed by atoms with Crippen LogP contribution in [0.25, 0.3) is 0 Å². The van der Waals surface area contributed by atoms with Crippen LogP contribution in [0.3, 0.4) is 0 Å². The lowest BCUT2D eigenvalue weighted by Gasteiger charge is -2.11. The molecule has 2 aromatic heterocycles. The van der Waals surface area contributed by atoms with Gasteiger partial charge in [0.1, 0.15) is 5.69 Å². The third kappa shape index (κ3) is 4.65. The Labute approximate surface area is 161 Å². The summed E-state index contributed by atoms with van der Waals surface area (Å²) in [5.41, 5.74) is 2.41. The summed E-state index contributed by atoms with van der Waals surface area (Å²) in [5.74, 6) is 0.341. The molecule has 0 aliphatic heterocycles. The van der Waals surface area contributed by atoms with Crippen molar-refractivity contribution in [1.29, 1.82) is 0 Å². The monoisotopic (exact) mass is 387 g/mol. The highest BCUT2D eigenvalue weighted by molar-refractivity contribution is 7.98. The van der Waals surface area contributed by atoms with Crippen molar-refractivity contribution in [2.75, 3.05) is 6.61 Å². The molecule has 7 heteroatoms. The molecule has 0 saturated heterocycles. The highest BCUT2D eigenvalue weighted by Gasteiger charge is 2.18. The molecule has 0 bridgehead atoms. The molecule has 0 fully saturated rings. The summed E-state index contributed by atoms with van der Waals surface area (Å²) in [4.78, 5) is 21.0. The van der Waals surface area contributed by atoms with E-state index in [0.29, 0.717) is 23.9 Å². The van der Waals surface area contributed by atoms with Crippen LogP contribution in [-0.4, -0.2) is 27.1 Å². The fraction of sp³-hybridized carbons (Fsp3) is 0.211. The molecule has 3 rings (SSSR count). The molecular weight excluding hydrogens is 370 g/mol. The molecule has 0 radical (unpaired) electrons. The second kappa shape index (κ2) is 8.87. The predicted octanol–water partition coefficient (Wildman–Crippen LogP) is 4.45. The first-order chi connectivity index (χ1) is 12.7. The quantitative estimate of drug-likeness (QED) is 0.443. The molecule has 5 nitrogen and oxygen atoms in total. The van der Waals surface area contributed by atoms with Gasteiger partial charge in [0.2, 0.25) is 0 Å². The van der Waals surface area contributed by atoms with Gasteiger partial charge in [-0.15, -0.1) is 0 Å². The zero-order chi connectivity index (χ0) is 18.4. The van der Waals surface area contributed by atoms with E-state index in [9.17, 15) is 4.79 Å². The Bertz CT molecular complexity index is 866. The Kier molecular flexibility index (Phi) is 6.30. The van der Waals surface area contributed by atoms with Crippen LogP contribution < -0.4 is 0 Å². The van der Waals surface area contributed by atoms with Crippen molar-refractivity contribution in [1.82, 2.24) is 14.5 Å². The van der Waals surface area contributed by atoms with Gasteiger partial charge in [-0.3, -0.25) is 4.98 Å². The number of carbonyl (C=O) groups excluding carboxylic acids is 1. The van der Waals surface area contributed by atoms with E-state index in [2.05, 4.69) is 9.97 Å². The van der Waals surface area contributed by atoms with Gasteiger partial charge in [0.15, 0.2) is 5.16 Å². The number of ether oxygens (including phenoxy) is 1. The summed E-state index contributed by atoms with van der Waals surface area (Å²) >= 11 is 7.49. The Hall–Kier alpha value is -2.31. The molecule has 2 heterocycles. The van der Waals surface area contributed by atoms with E-state index < -0.39 is 0 Å². The molecule has 0 N–H and O–H groups in total. The van der Waals surface area contributed by atoms with Crippen molar-refractivity contribution in [3.8, 4) is 0 Å². The molecule has 0 saturated carbocycles. The van der Waals surface area contributed by atoms with E-state index in [1.807, 2.05) is 47.0 Å². The van der Waals surface area contributed by atoms with Crippen LogP contribution in [0.2, 0.25) is 5.02 Å². The van der Waals surface area contributed by atoms with Crippen molar-refractivity contribution in [3.05, 3.63) is 76.8 Å². The van der Waals surface area contributed by atoms with Gasteiger partial charge < -0.3 is 9.30 Å². The molecule has 3 aromatic rings. The van der Waals surface area contributed by atoms with E-state index in [-0.39, 0.29) is 5.97 Å². The standard InChI is InChI=1S/C19H18ClN3O2S/c1-2-25-18(24)17-11-22-19(23(17)12-16-5-3-4-10-21-16)26-13-14-6-8-15(20)9-7-14/h3-11H,2,12-13H2,1H3. The van der Waals surface area contributed by atoms with Crippen LogP contribution in [0.1, 0.15) is 28.7 Å². The Morgan fingerprint density at radius 2 is 2.00 bits per heavy atom. The van der Waals surface area contributed by atoms with Gasteiger partial charge in [0.25, 0.3) is 0 Å². The van der Waals surface area contributed by atoms with Crippen molar-refractivity contribution < 1.29 is 9.53 Å². The second-order valence-electron chi connectivity index (χ2n) is 5.47. The Morgan fingerprint density at radius 1 is 1.19 bits per heavy atom. The number of pyridine rings is 1. The topological polar surface area (TPSA) is 57.0 Å². The van der Waals surface area contributed by atoms with Crippen molar-refractivity contribution in [2.45, 2.75) is 24.4 Å². The molecule has 134 valence electrons. The fourth-order valence-electron chi connectivity index (χ4n) is 2.38. The van der Waals surface area contributed by atoms with Gasteiger partial charge >= 0.3 is 5.97 Å². The Balaban J connectivity index is 1.83. The first-order valence-electron chi connectivity index (χ1n) is 8.17. The van der Waals surface area contributed by atoms with E-state index in [1.165, 1.54) is 0 Å². The number of rotatable bonds is 7. The smallest absolute Gasteiger partial charge is 0.356 e. The number of imidazole rings is 1. The molecule has 0 aliphatic carbocycles. The normalized spacial score (nSPS) is 10.7. The molecule has 0 aliphatic rings. The first kappa shape index (κ1) is 18.5. The minimum atomic E-state index is -0.380. The van der Waals surface area contributed by atoms with Crippen LogP contribution in [-0.2, 0) is 17.0 Å². The predicted molar refractivity (Wildman–Crippen MR) is 103 cm³/mol. The zero-order valence-corrected chi connectivity index (χ0v) is 15.8. The highest BCUT2D eigenvalue weighted by atomic mass is 35.5. The lowest BCUT2D eigenvalue weighted by Crippen LogP contribution is -2.14. The van der Waals surface area contributed by atoms with Crippen molar-refractivity contribution in [2.24, 2.45) is 0 Å². The summed E-state index contributed by atoms with van der Waals surface area (Å²) in [7, 11) is 0. The van der Waals surface area contributed by atoms with Crippen LogP contribution in [0.5, 0.6) is 0 Å². The summed E-state index contributed by atoms with van der Waals surface area (Å²) in [6.07, 6.45) is 3.29. The third-order valence-corrected chi connectivity index (χ3v) is 4.94. The van der Waals surface area contributed by atoms with Crippen molar-refractivity contribution in [3.63, 3.8) is 0 Å². The van der Waals surface area contributed by atoms with Gasteiger partial charge in [-0.25, -0.2) is 9.78 Å². The third-order valence-electron chi connectivity index (χ3n) is 3.63. The average molecular weight is 388 g/mol.